The van der Waals surface area contributed by atoms with Crippen LogP contribution in [0.25, 0.3) is 0 Å². The molecule has 0 amide bonds. The average Bonchev–Trinajstić information content (AvgIpc) is 2.31. The second kappa shape index (κ2) is 6.18. The van der Waals surface area contributed by atoms with Crippen LogP contribution in [0, 0.1) is 24.7 Å². The molecule has 0 N–H and O–H groups in total. The number of benzene rings is 1. The van der Waals surface area contributed by atoms with E-state index in [1.54, 1.807) is 24.3 Å². The molecule has 0 saturated carbocycles. The topological polar surface area (TPSA) is 18.5 Å². The lowest BCUT2D eigenvalue weighted by molar-refractivity contribution is 0.281. The van der Waals surface area contributed by atoms with E-state index in [-0.39, 0.29) is 0 Å². The molecule has 2 nitrogen and oxygen atoms in total. The Balaban J connectivity index is 2.85. The third-order valence-corrected chi connectivity index (χ3v) is 2.00. The van der Waals surface area contributed by atoms with Crippen LogP contribution in [-0.4, -0.2) is 11.1 Å². The Morgan fingerprint density at radius 1 is 0.938 bits per heavy atom. The van der Waals surface area contributed by atoms with Crippen molar-refractivity contribution in [3.05, 3.63) is 24.3 Å². The van der Waals surface area contributed by atoms with Gasteiger partial charge in [-0.15, -0.1) is 12.8 Å². The van der Waals surface area contributed by atoms with Crippen LogP contribution in [0.3, 0.4) is 0 Å². The molecular weight excluding hydrogens is 247 g/mol. The van der Waals surface area contributed by atoms with E-state index >= 15 is 0 Å². The molecule has 0 aliphatic rings. The summed E-state index contributed by atoms with van der Waals surface area (Å²) in [6, 6.07) is 6.81. The van der Waals surface area contributed by atoms with E-state index in [4.69, 9.17) is 45.5 Å². The SMILES string of the molecule is C#CC(Cl)Oc1ccccc1OC(Cl)C#C. The Labute approximate surface area is 104 Å². The van der Waals surface area contributed by atoms with Gasteiger partial charge in [-0.1, -0.05) is 35.3 Å². The maximum Gasteiger partial charge on any atom is 0.234 e. The summed E-state index contributed by atoms with van der Waals surface area (Å²) >= 11 is 11.3. The van der Waals surface area contributed by atoms with Crippen LogP contribution < -0.4 is 9.47 Å². The molecular formula is C12H8Cl2O2. The highest BCUT2D eigenvalue weighted by atomic mass is 35.5. The summed E-state index contributed by atoms with van der Waals surface area (Å²) in [4.78, 5) is 0. The summed E-state index contributed by atoms with van der Waals surface area (Å²) in [7, 11) is 0. The second-order valence-corrected chi connectivity index (χ2v) is 3.44. The molecule has 0 saturated heterocycles. The largest absolute Gasteiger partial charge is 0.460 e. The molecule has 0 radical (unpaired) electrons. The van der Waals surface area contributed by atoms with Crippen molar-refractivity contribution >= 4 is 23.2 Å². The van der Waals surface area contributed by atoms with Gasteiger partial charge in [0, 0.05) is 0 Å². The van der Waals surface area contributed by atoms with Gasteiger partial charge in [0.2, 0.25) is 11.1 Å². The van der Waals surface area contributed by atoms with E-state index in [1.807, 2.05) is 0 Å². The fourth-order valence-corrected chi connectivity index (χ4v) is 1.13. The van der Waals surface area contributed by atoms with Crippen molar-refractivity contribution in [2.45, 2.75) is 11.1 Å². The second-order valence-electron chi connectivity index (χ2n) is 2.65. The molecule has 1 aromatic rings. The molecule has 0 aliphatic carbocycles. The molecule has 1 aromatic carbocycles. The summed E-state index contributed by atoms with van der Waals surface area (Å²) in [5.41, 5.74) is -1.74. The van der Waals surface area contributed by atoms with Gasteiger partial charge in [0.05, 0.1) is 0 Å². The van der Waals surface area contributed by atoms with Crippen LogP contribution in [0.15, 0.2) is 24.3 Å². The van der Waals surface area contributed by atoms with Crippen LogP contribution >= 0.6 is 23.2 Å². The Kier molecular flexibility index (Phi) is 4.86. The Bertz CT molecular complexity index is 390. The Morgan fingerprint density at radius 3 is 1.62 bits per heavy atom. The number of alkyl halides is 2. The van der Waals surface area contributed by atoms with Crippen molar-refractivity contribution in [3.63, 3.8) is 0 Å². The van der Waals surface area contributed by atoms with Crippen molar-refractivity contribution < 1.29 is 9.47 Å². The number of halogens is 2. The number of para-hydroxylation sites is 2. The first-order valence-corrected chi connectivity index (χ1v) is 5.17. The minimum absolute atomic E-state index is 0.390. The zero-order chi connectivity index (χ0) is 12.0. The van der Waals surface area contributed by atoms with E-state index < -0.39 is 11.1 Å². The molecule has 0 aromatic heterocycles. The fourth-order valence-electron chi connectivity index (χ4n) is 0.936. The van der Waals surface area contributed by atoms with Crippen molar-refractivity contribution in [3.8, 4) is 36.2 Å². The first-order chi connectivity index (χ1) is 7.67. The van der Waals surface area contributed by atoms with Crippen molar-refractivity contribution in [2.24, 2.45) is 0 Å². The molecule has 0 spiro atoms. The van der Waals surface area contributed by atoms with E-state index in [2.05, 4.69) is 11.8 Å². The predicted molar refractivity (Wildman–Crippen MR) is 64.6 cm³/mol. The molecule has 0 fully saturated rings. The van der Waals surface area contributed by atoms with Crippen LogP contribution in [0.1, 0.15) is 0 Å². The molecule has 16 heavy (non-hydrogen) atoms. The van der Waals surface area contributed by atoms with Gasteiger partial charge < -0.3 is 9.47 Å². The van der Waals surface area contributed by atoms with Gasteiger partial charge in [0.15, 0.2) is 11.5 Å². The lowest BCUT2D eigenvalue weighted by atomic mass is 10.3. The molecule has 0 bridgehead atoms. The fraction of sp³-hybridized carbons (Fsp3) is 0.167. The van der Waals surface area contributed by atoms with E-state index in [1.165, 1.54) is 0 Å². The lowest BCUT2D eigenvalue weighted by Gasteiger charge is -2.13. The van der Waals surface area contributed by atoms with Crippen molar-refractivity contribution in [2.75, 3.05) is 0 Å². The van der Waals surface area contributed by atoms with Crippen molar-refractivity contribution in [1.29, 1.82) is 0 Å². The van der Waals surface area contributed by atoms with E-state index in [0.717, 1.165) is 0 Å². The highest BCUT2D eigenvalue weighted by Crippen LogP contribution is 2.29. The zero-order valence-electron chi connectivity index (χ0n) is 8.19. The van der Waals surface area contributed by atoms with E-state index in [9.17, 15) is 0 Å². The maximum absolute atomic E-state index is 5.65. The first kappa shape index (κ1) is 12.6. The number of rotatable bonds is 4. The highest BCUT2D eigenvalue weighted by molar-refractivity contribution is 6.22. The lowest BCUT2D eigenvalue weighted by Crippen LogP contribution is -2.09. The van der Waals surface area contributed by atoms with Gasteiger partial charge in [-0.05, 0) is 24.0 Å². The molecule has 2 atom stereocenters. The number of terminal acetylenes is 2. The predicted octanol–water partition coefficient (Wildman–Crippen LogP) is 2.84. The Hall–Kier alpha value is -1.48. The standard InChI is InChI=1S/C12H8Cl2O2/c1-3-11(13)15-9-7-5-6-8-10(9)16-12(14)4-2/h1-2,5-8,11-12H. The third-order valence-electron chi connectivity index (χ3n) is 1.57. The monoisotopic (exact) mass is 254 g/mol. The third kappa shape index (κ3) is 3.59. The average molecular weight is 255 g/mol. The van der Waals surface area contributed by atoms with Gasteiger partial charge in [-0.25, -0.2) is 0 Å². The van der Waals surface area contributed by atoms with Crippen LogP contribution in [0.4, 0.5) is 0 Å². The summed E-state index contributed by atoms with van der Waals surface area (Å²) < 4.78 is 10.4. The molecule has 0 aliphatic heterocycles. The smallest absolute Gasteiger partial charge is 0.234 e. The maximum atomic E-state index is 5.65. The summed E-state index contributed by atoms with van der Waals surface area (Å²) in [6.45, 7) is 0. The molecule has 4 heteroatoms. The van der Waals surface area contributed by atoms with Gasteiger partial charge in [-0.2, -0.15) is 0 Å². The summed E-state index contributed by atoms with van der Waals surface area (Å²) in [5, 5.41) is 0. The van der Waals surface area contributed by atoms with E-state index in [0.29, 0.717) is 11.5 Å². The normalized spacial score (nSPS) is 13.0. The van der Waals surface area contributed by atoms with Gasteiger partial charge in [0.25, 0.3) is 0 Å². The number of hydrogen-bond acceptors (Lipinski definition) is 2. The molecule has 0 heterocycles. The number of hydrogen-bond donors (Lipinski definition) is 0. The number of ether oxygens (including phenoxy) is 2. The summed E-state index contributed by atoms with van der Waals surface area (Å²) in [6.07, 6.45) is 10.2. The van der Waals surface area contributed by atoms with Crippen LogP contribution in [0.5, 0.6) is 11.5 Å². The van der Waals surface area contributed by atoms with Gasteiger partial charge in [-0.3, -0.25) is 0 Å². The molecule has 2 unspecified atom stereocenters. The van der Waals surface area contributed by atoms with Gasteiger partial charge in [0.1, 0.15) is 0 Å². The summed E-state index contributed by atoms with van der Waals surface area (Å²) in [5.74, 6) is 5.22. The highest BCUT2D eigenvalue weighted by Gasteiger charge is 2.10. The minimum atomic E-state index is -0.871. The van der Waals surface area contributed by atoms with Gasteiger partial charge >= 0.3 is 0 Å². The molecule has 82 valence electrons. The zero-order valence-corrected chi connectivity index (χ0v) is 9.70. The van der Waals surface area contributed by atoms with Crippen LogP contribution in [-0.2, 0) is 0 Å². The molecule has 1 rings (SSSR count). The van der Waals surface area contributed by atoms with Crippen LogP contribution in [0.2, 0.25) is 0 Å². The Morgan fingerprint density at radius 2 is 1.31 bits per heavy atom. The quantitative estimate of drug-likeness (QED) is 0.608. The first-order valence-electron chi connectivity index (χ1n) is 4.30. The minimum Gasteiger partial charge on any atom is -0.460 e. The van der Waals surface area contributed by atoms with Crippen molar-refractivity contribution in [1.82, 2.24) is 0 Å².